The highest BCUT2D eigenvalue weighted by Gasteiger charge is 2.23. The molecule has 4 heteroatoms. The van der Waals surface area contributed by atoms with Crippen molar-refractivity contribution in [3.63, 3.8) is 0 Å². The van der Waals surface area contributed by atoms with E-state index in [-0.39, 0.29) is 5.91 Å². The Balaban J connectivity index is 1.41. The van der Waals surface area contributed by atoms with Gasteiger partial charge < -0.3 is 10.6 Å². The minimum Gasteiger partial charge on any atom is -0.343 e. The van der Waals surface area contributed by atoms with Crippen molar-refractivity contribution in [1.29, 1.82) is 0 Å². The summed E-state index contributed by atoms with van der Waals surface area (Å²) in [6.45, 7) is 2.33. The SMILES string of the molecule is NCc1ccc(CCC(=O)N2CCC(Sc3ccccc3)CC2)cc1. The summed E-state index contributed by atoms with van der Waals surface area (Å²) in [5.41, 5.74) is 7.96. The van der Waals surface area contributed by atoms with Crippen molar-refractivity contribution in [2.24, 2.45) is 5.73 Å². The molecule has 0 radical (unpaired) electrons. The molecule has 0 atom stereocenters. The average molecular weight is 355 g/mol. The Morgan fingerprint density at radius 1 is 1.00 bits per heavy atom. The van der Waals surface area contributed by atoms with Crippen LogP contribution in [0.15, 0.2) is 59.5 Å². The van der Waals surface area contributed by atoms with E-state index in [9.17, 15) is 4.79 Å². The van der Waals surface area contributed by atoms with Gasteiger partial charge >= 0.3 is 0 Å². The van der Waals surface area contributed by atoms with Crippen LogP contribution in [-0.2, 0) is 17.8 Å². The first kappa shape index (κ1) is 18.0. The van der Waals surface area contributed by atoms with E-state index >= 15 is 0 Å². The van der Waals surface area contributed by atoms with E-state index in [1.54, 1.807) is 0 Å². The van der Waals surface area contributed by atoms with Gasteiger partial charge in [0.15, 0.2) is 0 Å². The highest BCUT2D eigenvalue weighted by Crippen LogP contribution is 2.30. The quantitative estimate of drug-likeness (QED) is 0.857. The zero-order valence-electron chi connectivity index (χ0n) is 14.6. The molecular weight excluding hydrogens is 328 g/mol. The van der Waals surface area contributed by atoms with Gasteiger partial charge in [-0.25, -0.2) is 0 Å². The smallest absolute Gasteiger partial charge is 0.222 e. The molecule has 1 saturated heterocycles. The van der Waals surface area contributed by atoms with Crippen LogP contribution >= 0.6 is 11.8 Å². The molecule has 0 aliphatic carbocycles. The Bertz CT molecular complexity index is 664. The fraction of sp³-hybridized carbons (Fsp3) is 0.381. The standard InChI is InChI=1S/C21H26N2OS/c22-16-18-8-6-17(7-9-18)10-11-21(24)23-14-12-20(13-15-23)25-19-4-2-1-3-5-19/h1-9,20H,10-16,22H2. The van der Waals surface area contributed by atoms with Crippen molar-refractivity contribution in [3.05, 3.63) is 65.7 Å². The number of amides is 1. The number of hydrogen-bond donors (Lipinski definition) is 1. The van der Waals surface area contributed by atoms with Gasteiger partial charge in [0.2, 0.25) is 5.91 Å². The molecule has 2 aromatic carbocycles. The molecular formula is C21H26N2OS. The monoisotopic (exact) mass is 354 g/mol. The average Bonchev–Trinajstić information content (AvgIpc) is 2.68. The number of hydrogen-bond acceptors (Lipinski definition) is 3. The van der Waals surface area contributed by atoms with Gasteiger partial charge in [-0.3, -0.25) is 4.79 Å². The van der Waals surface area contributed by atoms with Crippen molar-refractivity contribution in [2.75, 3.05) is 13.1 Å². The zero-order chi connectivity index (χ0) is 17.5. The number of piperidine rings is 1. The maximum absolute atomic E-state index is 12.5. The Morgan fingerprint density at radius 3 is 2.28 bits per heavy atom. The van der Waals surface area contributed by atoms with Crippen LogP contribution in [0.25, 0.3) is 0 Å². The maximum atomic E-state index is 12.5. The van der Waals surface area contributed by atoms with Crippen molar-refractivity contribution in [3.8, 4) is 0 Å². The number of rotatable bonds is 6. The second-order valence-electron chi connectivity index (χ2n) is 6.53. The molecule has 0 spiro atoms. The van der Waals surface area contributed by atoms with Gasteiger partial charge in [-0.05, 0) is 42.5 Å². The Labute approximate surface area is 154 Å². The number of thioether (sulfide) groups is 1. The van der Waals surface area contributed by atoms with Crippen LogP contribution in [0.3, 0.4) is 0 Å². The van der Waals surface area contributed by atoms with Gasteiger partial charge in [0.05, 0.1) is 0 Å². The molecule has 3 nitrogen and oxygen atoms in total. The second-order valence-corrected chi connectivity index (χ2v) is 7.91. The van der Waals surface area contributed by atoms with Crippen LogP contribution in [-0.4, -0.2) is 29.1 Å². The predicted molar refractivity (Wildman–Crippen MR) is 105 cm³/mol. The van der Waals surface area contributed by atoms with Crippen LogP contribution in [0.4, 0.5) is 0 Å². The molecule has 2 aromatic rings. The molecule has 1 amide bonds. The van der Waals surface area contributed by atoms with Gasteiger partial charge in [0.25, 0.3) is 0 Å². The lowest BCUT2D eigenvalue weighted by Crippen LogP contribution is -2.39. The second kappa shape index (κ2) is 9.07. The lowest BCUT2D eigenvalue weighted by molar-refractivity contribution is -0.131. The summed E-state index contributed by atoms with van der Waals surface area (Å²) in [6.07, 6.45) is 3.56. The Hall–Kier alpha value is -1.78. The van der Waals surface area contributed by atoms with Gasteiger partial charge in [0, 0.05) is 36.2 Å². The molecule has 132 valence electrons. The van der Waals surface area contributed by atoms with Crippen molar-refractivity contribution >= 4 is 17.7 Å². The summed E-state index contributed by atoms with van der Waals surface area (Å²) >= 11 is 1.94. The fourth-order valence-corrected chi connectivity index (χ4v) is 4.31. The number of carbonyl (C=O) groups excluding carboxylic acids is 1. The minimum atomic E-state index is 0.283. The molecule has 0 saturated carbocycles. The highest BCUT2D eigenvalue weighted by molar-refractivity contribution is 8.00. The normalized spacial score (nSPS) is 15.3. The van der Waals surface area contributed by atoms with Crippen LogP contribution in [0.5, 0.6) is 0 Å². The number of carbonyl (C=O) groups is 1. The Kier molecular flexibility index (Phi) is 6.54. The van der Waals surface area contributed by atoms with Gasteiger partial charge in [-0.1, -0.05) is 42.5 Å². The summed E-state index contributed by atoms with van der Waals surface area (Å²) < 4.78 is 0. The number of nitrogens with two attached hydrogens (primary N) is 1. The van der Waals surface area contributed by atoms with E-state index in [0.717, 1.165) is 37.9 Å². The van der Waals surface area contributed by atoms with Crippen LogP contribution in [0.1, 0.15) is 30.4 Å². The van der Waals surface area contributed by atoms with Crippen molar-refractivity contribution in [1.82, 2.24) is 4.90 Å². The number of aryl methyl sites for hydroxylation is 1. The molecule has 0 bridgehead atoms. The lowest BCUT2D eigenvalue weighted by atomic mass is 10.1. The van der Waals surface area contributed by atoms with E-state index in [1.807, 2.05) is 28.8 Å². The molecule has 1 aliphatic rings. The summed E-state index contributed by atoms with van der Waals surface area (Å²) in [4.78, 5) is 15.8. The third-order valence-electron chi connectivity index (χ3n) is 4.73. The summed E-state index contributed by atoms with van der Waals surface area (Å²) in [6, 6.07) is 18.8. The fourth-order valence-electron chi connectivity index (χ4n) is 3.17. The predicted octanol–water partition coefficient (Wildman–Crippen LogP) is 3.86. The molecule has 1 fully saturated rings. The molecule has 2 N–H and O–H groups in total. The number of nitrogens with zero attached hydrogens (tertiary/aromatic N) is 1. The molecule has 25 heavy (non-hydrogen) atoms. The van der Waals surface area contributed by atoms with Crippen LogP contribution in [0, 0.1) is 0 Å². The van der Waals surface area contributed by atoms with Crippen LogP contribution < -0.4 is 5.73 Å². The molecule has 0 aromatic heterocycles. The van der Waals surface area contributed by atoms with Crippen molar-refractivity contribution in [2.45, 2.75) is 42.4 Å². The lowest BCUT2D eigenvalue weighted by Gasteiger charge is -2.31. The molecule has 3 rings (SSSR count). The first-order valence-electron chi connectivity index (χ1n) is 9.02. The first-order valence-corrected chi connectivity index (χ1v) is 9.90. The van der Waals surface area contributed by atoms with Gasteiger partial charge in [-0.2, -0.15) is 0 Å². The van der Waals surface area contributed by atoms with E-state index in [0.29, 0.717) is 18.2 Å². The molecule has 1 aliphatic heterocycles. The minimum absolute atomic E-state index is 0.283. The molecule has 0 unspecified atom stereocenters. The summed E-state index contributed by atoms with van der Waals surface area (Å²) in [7, 11) is 0. The zero-order valence-corrected chi connectivity index (χ0v) is 15.4. The van der Waals surface area contributed by atoms with E-state index in [4.69, 9.17) is 5.73 Å². The van der Waals surface area contributed by atoms with E-state index in [1.165, 1.54) is 10.5 Å². The highest BCUT2D eigenvalue weighted by atomic mass is 32.2. The van der Waals surface area contributed by atoms with Crippen LogP contribution in [0.2, 0.25) is 0 Å². The maximum Gasteiger partial charge on any atom is 0.222 e. The largest absolute Gasteiger partial charge is 0.343 e. The third-order valence-corrected chi connectivity index (χ3v) is 6.08. The molecule has 1 heterocycles. The van der Waals surface area contributed by atoms with Crippen molar-refractivity contribution < 1.29 is 4.79 Å². The number of benzene rings is 2. The van der Waals surface area contributed by atoms with Gasteiger partial charge in [-0.15, -0.1) is 11.8 Å². The number of likely N-dealkylation sites (tertiary alicyclic amines) is 1. The first-order chi connectivity index (χ1) is 12.2. The Morgan fingerprint density at radius 2 is 1.64 bits per heavy atom. The summed E-state index contributed by atoms with van der Waals surface area (Å²) in [5, 5.41) is 0.621. The summed E-state index contributed by atoms with van der Waals surface area (Å²) in [5.74, 6) is 0.283. The van der Waals surface area contributed by atoms with E-state index < -0.39 is 0 Å². The van der Waals surface area contributed by atoms with E-state index in [2.05, 4.69) is 42.5 Å². The van der Waals surface area contributed by atoms with Gasteiger partial charge in [0.1, 0.15) is 0 Å². The third kappa shape index (κ3) is 5.35. The topological polar surface area (TPSA) is 46.3 Å².